The van der Waals surface area contributed by atoms with Gasteiger partial charge in [0, 0.05) is 20.0 Å². The van der Waals surface area contributed by atoms with Crippen LogP contribution in [0.5, 0.6) is 0 Å². The molecular formula is C19H26N2O2. The number of oxazole rings is 1. The molecule has 1 heterocycles. The van der Waals surface area contributed by atoms with Crippen molar-refractivity contribution in [3.05, 3.63) is 47.5 Å². The average Bonchev–Trinajstić information content (AvgIpc) is 2.98. The number of nitrogens with zero attached hydrogens (tertiary/aromatic N) is 2. The maximum atomic E-state index is 11.7. The number of anilines is 1. The molecule has 0 aliphatic heterocycles. The first kappa shape index (κ1) is 16.1. The van der Waals surface area contributed by atoms with E-state index in [-0.39, 0.29) is 5.92 Å². The van der Waals surface area contributed by atoms with E-state index in [1.807, 2.05) is 56.3 Å². The molecule has 0 amide bonds. The molecule has 1 N–H and O–H groups in total. The highest BCUT2D eigenvalue weighted by Gasteiger charge is 2.45. The van der Waals surface area contributed by atoms with Gasteiger partial charge < -0.3 is 14.4 Å². The van der Waals surface area contributed by atoms with Gasteiger partial charge in [-0.05, 0) is 25.3 Å². The summed E-state index contributed by atoms with van der Waals surface area (Å²) >= 11 is 0. The molecule has 1 fully saturated rings. The minimum atomic E-state index is -1.15. The Hall–Kier alpha value is -1.81. The van der Waals surface area contributed by atoms with E-state index >= 15 is 0 Å². The average molecular weight is 314 g/mol. The maximum Gasteiger partial charge on any atom is 0.234 e. The molecule has 124 valence electrons. The Balaban J connectivity index is 2.10. The van der Waals surface area contributed by atoms with Crippen LogP contribution in [0, 0.1) is 12.8 Å². The molecule has 1 aromatic heterocycles. The third-order valence-electron chi connectivity index (χ3n) is 4.91. The molecule has 1 aromatic carbocycles. The van der Waals surface area contributed by atoms with Crippen LogP contribution in [0.25, 0.3) is 0 Å². The Morgan fingerprint density at radius 1 is 1.13 bits per heavy atom. The maximum absolute atomic E-state index is 11.7. The lowest BCUT2D eigenvalue weighted by atomic mass is 9.73. The van der Waals surface area contributed by atoms with Crippen LogP contribution in [0.15, 0.2) is 34.7 Å². The Morgan fingerprint density at radius 3 is 2.35 bits per heavy atom. The van der Waals surface area contributed by atoms with Crippen LogP contribution in [-0.4, -0.2) is 24.2 Å². The number of aliphatic hydroxyl groups is 1. The van der Waals surface area contributed by atoms with E-state index in [9.17, 15) is 5.11 Å². The third-order valence-corrected chi connectivity index (χ3v) is 4.91. The Morgan fingerprint density at radius 2 is 1.78 bits per heavy atom. The second kappa shape index (κ2) is 6.36. The SMILES string of the molecule is Cc1nc(C(O)(c2ccccc2)C2CCCCC2)oc1N(C)C. The van der Waals surface area contributed by atoms with Gasteiger partial charge in [-0.1, -0.05) is 49.6 Å². The van der Waals surface area contributed by atoms with E-state index in [0.717, 1.165) is 36.9 Å². The van der Waals surface area contributed by atoms with Gasteiger partial charge in [0.2, 0.25) is 11.8 Å². The molecule has 1 aliphatic rings. The Bertz CT molecular complexity index is 645. The van der Waals surface area contributed by atoms with Crippen molar-refractivity contribution >= 4 is 5.88 Å². The normalized spacial score (nSPS) is 18.6. The first-order valence-corrected chi connectivity index (χ1v) is 8.46. The number of aryl methyl sites for hydroxylation is 1. The molecule has 2 aromatic rings. The Kier molecular flexibility index (Phi) is 4.44. The topological polar surface area (TPSA) is 49.5 Å². The lowest BCUT2D eigenvalue weighted by Crippen LogP contribution is -2.38. The van der Waals surface area contributed by atoms with Gasteiger partial charge in [-0.15, -0.1) is 0 Å². The van der Waals surface area contributed by atoms with Crippen LogP contribution < -0.4 is 4.90 Å². The van der Waals surface area contributed by atoms with Crippen molar-refractivity contribution in [1.82, 2.24) is 4.98 Å². The predicted octanol–water partition coefficient (Wildman–Crippen LogP) is 3.87. The highest BCUT2D eigenvalue weighted by atomic mass is 16.4. The van der Waals surface area contributed by atoms with Crippen molar-refractivity contribution in [1.29, 1.82) is 0 Å². The lowest BCUT2D eigenvalue weighted by Gasteiger charge is -2.36. The molecular weight excluding hydrogens is 288 g/mol. The van der Waals surface area contributed by atoms with Crippen molar-refractivity contribution in [2.24, 2.45) is 5.92 Å². The fourth-order valence-electron chi connectivity index (χ4n) is 3.71. The van der Waals surface area contributed by atoms with Crippen LogP contribution in [-0.2, 0) is 5.60 Å². The Labute approximate surface area is 138 Å². The highest BCUT2D eigenvalue weighted by Crippen LogP contribution is 2.44. The third kappa shape index (κ3) is 2.88. The number of aromatic nitrogens is 1. The molecule has 0 saturated heterocycles. The summed E-state index contributed by atoms with van der Waals surface area (Å²) in [5.41, 5.74) is 0.536. The number of rotatable bonds is 4. The first-order valence-electron chi connectivity index (χ1n) is 8.46. The molecule has 0 spiro atoms. The molecule has 0 radical (unpaired) electrons. The van der Waals surface area contributed by atoms with Crippen LogP contribution in [0.1, 0.15) is 49.3 Å². The molecule has 4 heteroatoms. The van der Waals surface area contributed by atoms with Crippen LogP contribution in [0.4, 0.5) is 5.88 Å². The summed E-state index contributed by atoms with van der Waals surface area (Å²) in [7, 11) is 3.86. The van der Waals surface area contributed by atoms with E-state index in [2.05, 4.69) is 4.98 Å². The van der Waals surface area contributed by atoms with Gasteiger partial charge in [0.15, 0.2) is 5.60 Å². The zero-order valence-electron chi connectivity index (χ0n) is 14.2. The second-order valence-electron chi connectivity index (χ2n) is 6.77. The van der Waals surface area contributed by atoms with E-state index in [4.69, 9.17) is 4.42 Å². The van der Waals surface area contributed by atoms with Crippen molar-refractivity contribution < 1.29 is 9.52 Å². The number of benzene rings is 1. The summed E-state index contributed by atoms with van der Waals surface area (Å²) in [6.07, 6.45) is 5.56. The van der Waals surface area contributed by atoms with Gasteiger partial charge in [0.25, 0.3) is 0 Å². The standard InChI is InChI=1S/C19H26N2O2/c1-14-17(21(2)3)23-18(20-14)19(22,15-10-6-4-7-11-15)16-12-8-5-9-13-16/h4,6-7,10-11,16,22H,5,8-9,12-13H2,1-3H3. The van der Waals surface area contributed by atoms with Gasteiger partial charge in [0.05, 0.1) is 0 Å². The summed E-state index contributed by atoms with van der Waals surface area (Å²) in [6, 6.07) is 9.85. The quantitative estimate of drug-likeness (QED) is 0.931. The monoisotopic (exact) mass is 314 g/mol. The predicted molar refractivity (Wildman–Crippen MR) is 91.6 cm³/mol. The smallest absolute Gasteiger partial charge is 0.234 e. The summed E-state index contributed by atoms with van der Waals surface area (Å²) in [4.78, 5) is 6.50. The van der Waals surface area contributed by atoms with Gasteiger partial charge >= 0.3 is 0 Å². The molecule has 23 heavy (non-hydrogen) atoms. The molecule has 4 nitrogen and oxygen atoms in total. The number of hydrogen-bond acceptors (Lipinski definition) is 4. The summed E-state index contributed by atoms with van der Waals surface area (Å²) < 4.78 is 6.01. The van der Waals surface area contributed by atoms with Gasteiger partial charge in [-0.2, -0.15) is 0 Å². The van der Waals surface area contributed by atoms with E-state index in [0.29, 0.717) is 11.8 Å². The van der Waals surface area contributed by atoms with Crippen molar-refractivity contribution in [2.75, 3.05) is 19.0 Å². The zero-order valence-corrected chi connectivity index (χ0v) is 14.2. The van der Waals surface area contributed by atoms with Gasteiger partial charge in [0.1, 0.15) is 5.69 Å². The zero-order chi connectivity index (χ0) is 16.4. The lowest BCUT2D eigenvalue weighted by molar-refractivity contribution is -0.0228. The first-order chi connectivity index (χ1) is 11.0. The van der Waals surface area contributed by atoms with Crippen molar-refractivity contribution in [2.45, 2.75) is 44.6 Å². The highest BCUT2D eigenvalue weighted by molar-refractivity contribution is 5.41. The van der Waals surface area contributed by atoms with Gasteiger partial charge in [-0.3, -0.25) is 0 Å². The fourth-order valence-corrected chi connectivity index (χ4v) is 3.71. The van der Waals surface area contributed by atoms with Crippen LogP contribution >= 0.6 is 0 Å². The van der Waals surface area contributed by atoms with Gasteiger partial charge in [-0.25, -0.2) is 4.98 Å². The van der Waals surface area contributed by atoms with E-state index < -0.39 is 5.60 Å². The largest absolute Gasteiger partial charge is 0.421 e. The number of hydrogen-bond donors (Lipinski definition) is 1. The summed E-state index contributed by atoms with van der Waals surface area (Å²) in [5, 5.41) is 11.7. The molecule has 1 atom stereocenters. The molecule has 0 bridgehead atoms. The second-order valence-corrected chi connectivity index (χ2v) is 6.77. The van der Waals surface area contributed by atoms with Crippen molar-refractivity contribution in [3.63, 3.8) is 0 Å². The molecule has 1 saturated carbocycles. The van der Waals surface area contributed by atoms with E-state index in [1.54, 1.807) is 0 Å². The minimum absolute atomic E-state index is 0.145. The van der Waals surface area contributed by atoms with Crippen LogP contribution in [0.2, 0.25) is 0 Å². The summed E-state index contributed by atoms with van der Waals surface area (Å²) in [5.74, 6) is 1.29. The minimum Gasteiger partial charge on any atom is -0.421 e. The van der Waals surface area contributed by atoms with E-state index in [1.165, 1.54) is 6.42 Å². The molecule has 1 unspecified atom stereocenters. The summed E-state index contributed by atoms with van der Waals surface area (Å²) in [6.45, 7) is 1.93. The van der Waals surface area contributed by atoms with Crippen molar-refractivity contribution in [3.8, 4) is 0 Å². The molecule has 1 aliphatic carbocycles. The fraction of sp³-hybridized carbons (Fsp3) is 0.526. The van der Waals surface area contributed by atoms with Crippen LogP contribution in [0.3, 0.4) is 0 Å². The molecule has 3 rings (SSSR count).